The molecule has 0 bridgehead atoms. The molecule has 2 N–H and O–H groups in total. The van der Waals surface area contributed by atoms with Crippen molar-refractivity contribution < 1.29 is 0 Å². The lowest BCUT2D eigenvalue weighted by atomic mass is 9.89. The number of rotatable bonds is 0. The smallest absolute Gasteiger partial charge is 0.0459 e. The van der Waals surface area contributed by atoms with E-state index < -0.39 is 0 Å². The maximum Gasteiger partial charge on any atom is 0.0459 e. The molecule has 0 radical (unpaired) electrons. The quantitative estimate of drug-likeness (QED) is 0.621. The molecule has 66 valence electrons. The second-order valence-electron chi connectivity index (χ2n) is 3.55. The van der Waals surface area contributed by atoms with Crippen LogP contribution in [-0.2, 0) is 13.0 Å². The lowest BCUT2D eigenvalue weighted by molar-refractivity contribution is 0.637. The van der Waals surface area contributed by atoms with Gasteiger partial charge in [-0.2, -0.15) is 0 Å². The van der Waals surface area contributed by atoms with Crippen LogP contribution < -0.4 is 5.32 Å². The monoisotopic (exact) mass is 171 g/mol. The van der Waals surface area contributed by atoms with E-state index in [1.165, 1.54) is 22.2 Å². The van der Waals surface area contributed by atoms with Crippen LogP contribution in [0.4, 0.5) is 0 Å². The number of nitrogens with one attached hydrogen (secondary N) is 2. The first kappa shape index (κ1) is 7.15. The zero-order chi connectivity index (χ0) is 8.67. The summed E-state index contributed by atoms with van der Waals surface area (Å²) in [4.78, 5) is 3.45. The lowest BCUT2D eigenvalue weighted by Crippen LogP contribution is -2.22. The van der Waals surface area contributed by atoms with Gasteiger partial charge in [0.25, 0.3) is 0 Å². The topological polar surface area (TPSA) is 27.8 Å². The van der Waals surface area contributed by atoms with Crippen molar-refractivity contribution in [2.45, 2.75) is 13.0 Å². The van der Waals surface area contributed by atoms with Crippen molar-refractivity contribution in [2.75, 3.05) is 6.54 Å². The molecule has 2 heteroatoms. The fraction of sp³-hybridized carbons (Fsp3) is 0.273. The molecule has 0 fully saturated rings. The van der Waals surface area contributed by atoms with Gasteiger partial charge in [0.15, 0.2) is 0 Å². The average molecular weight is 171 g/mol. The highest BCUT2D eigenvalue weighted by Crippen LogP contribution is 2.24. The molecule has 2 heterocycles. The van der Waals surface area contributed by atoms with Crippen LogP contribution in [0.15, 0.2) is 24.3 Å². The number of fused-ring (bicyclic) bond motifs is 3. The number of benzene rings is 1. The Morgan fingerprint density at radius 2 is 2.08 bits per heavy atom. The van der Waals surface area contributed by atoms with E-state index in [-0.39, 0.29) is 0 Å². The molecule has 1 aliphatic heterocycles. The summed E-state index contributed by atoms with van der Waals surface area (Å²) in [6.07, 6.45) is 1.15. The standard InChI is InChI=1S/C11H12N2/c1-2-4-10-8(3-1)9-5-6-12-7-11(9)13-10/h1-4,12-13H,5-7H2/i7-1. The Bertz CT molecular complexity index is 442. The molecule has 2 aromatic rings. The molecule has 0 amide bonds. The van der Waals surface area contributed by atoms with E-state index in [1.54, 1.807) is 0 Å². The van der Waals surface area contributed by atoms with Crippen molar-refractivity contribution in [2.24, 2.45) is 0 Å². The minimum absolute atomic E-state index is 0.990. The molecule has 13 heavy (non-hydrogen) atoms. The Kier molecular flexibility index (Phi) is 1.43. The maximum absolute atomic E-state index is 3.45. The highest BCUT2D eigenvalue weighted by molar-refractivity contribution is 5.84. The van der Waals surface area contributed by atoms with E-state index in [4.69, 9.17) is 0 Å². The Morgan fingerprint density at radius 3 is 3.08 bits per heavy atom. The number of hydrogen-bond acceptors (Lipinski definition) is 1. The largest absolute Gasteiger partial charge is 0.357 e. The summed E-state index contributed by atoms with van der Waals surface area (Å²) in [5.41, 5.74) is 4.15. The second kappa shape index (κ2) is 2.60. The first-order valence-corrected chi connectivity index (χ1v) is 4.74. The molecule has 1 aliphatic rings. The average Bonchev–Trinajstić information content (AvgIpc) is 2.56. The fourth-order valence-electron chi connectivity index (χ4n) is 2.12. The van der Waals surface area contributed by atoms with Crippen molar-refractivity contribution in [3.63, 3.8) is 0 Å². The summed E-state index contributed by atoms with van der Waals surface area (Å²) in [7, 11) is 0. The fourth-order valence-corrected chi connectivity index (χ4v) is 2.12. The minimum atomic E-state index is 0.990. The van der Waals surface area contributed by atoms with Crippen LogP contribution in [-0.4, -0.2) is 11.5 Å². The van der Waals surface area contributed by atoms with Gasteiger partial charge in [-0.1, -0.05) is 18.2 Å². The molecule has 0 saturated heterocycles. The van der Waals surface area contributed by atoms with Crippen LogP contribution in [0.3, 0.4) is 0 Å². The highest BCUT2D eigenvalue weighted by Gasteiger charge is 2.13. The van der Waals surface area contributed by atoms with E-state index in [9.17, 15) is 0 Å². The van der Waals surface area contributed by atoms with Crippen LogP contribution in [0, 0.1) is 0 Å². The number of para-hydroxylation sites is 1. The van der Waals surface area contributed by atoms with Gasteiger partial charge >= 0.3 is 0 Å². The van der Waals surface area contributed by atoms with Gasteiger partial charge in [0.1, 0.15) is 0 Å². The van der Waals surface area contributed by atoms with Crippen LogP contribution in [0.5, 0.6) is 0 Å². The molecule has 3 rings (SSSR count). The van der Waals surface area contributed by atoms with Gasteiger partial charge in [0.2, 0.25) is 0 Å². The normalized spacial score (nSPS) is 16.0. The second-order valence-corrected chi connectivity index (χ2v) is 3.55. The zero-order valence-corrected chi connectivity index (χ0v) is 7.43. The molecule has 0 atom stereocenters. The molecule has 0 saturated carbocycles. The number of H-pyrrole nitrogens is 1. The molecular formula is C11H12N2. The van der Waals surface area contributed by atoms with E-state index in [0.717, 1.165) is 19.5 Å². The van der Waals surface area contributed by atoms with Gasteiger partial charge in [-0.15, -0.1) is 0 Å². The van der Waals surface area contributed by atoms with Crippen LogP contribution >= 0.6 is 0 Å². The first-order chi connectivity index (χ1) is 6.45. The number of hydrogen-bond donors (Lipinski definition) is 2. The summed E-state index contributed by atoms with van der Waals surface area (Å²) in [5.74, 6) is 0. The molecule has 0 spiro atoms. The zero-order valence-electron chi connectivity index (χ0n) is 7.43. The molecule has 0 aliphatic carbocycles. The third-order valence-electron chi connectivity index (χ3n) is 2.76. The summed E-state index contributed by atoms with van der Waals surface area (Å²) in [6, 6.07) is 8.54. The van der Waals surface area contributed by atoms with Gasteiger partial charge in [-0.05, 0) is 24.6 Å². The van der Waals surface area contributed by atoms with E-state index in [0.29, 0.717) is 0 Å². The summed E-state index contributed by atoms with van der Waals surface area (Å²) < 4.78 is 0. The van der Waals surface area contributed by atoms with Gasteiger partial charge in [0, 0.05) is 23.1 Å². The molecule has 1 aromatic heterocycles. The predicted octanol–water partition coefficient (Wildman–Crippen LogP) is 1.81. The molecule has 2 nitrogen and oxygen atoms in total. The third kappa shape index (κ3) is 0.988. The summed E-state index contributed by atoms with van der Waals surface area (Å²) >= 11 is 0. The van der Waals surface area contributed by atoms with Gasteiger partial charge in [0.05, 0.1) is 0 Å². The van der Waals surface area contributed by atoms with Crippen LogP contribution in [0.2, 0.25) is 0 Å². The maximum atomic E-state index is 3.45. The van der Waals surface area contributed by atoms with E-state index in [2.05, 4.69) is 34.6 Å². The van der Waals surface area contributed by atoms with Crippen molar-refractivity contribution in [3.05, 3.63) is 35.5 Å². The lowest BCUT2D eigenvalue weighted by Gasteiger charge is -2.12. The summed E-state index contributed by atoms with van der Waals surface area (Å²) in [6.45, 7) is 2.10. The van der Waals surface area contributed by atoms with Crippen molar-refractivity contribution in [3.8, 4) is 0 Å². The molecular weight excluding hydrogens is 159 g/mol. The van der Waals surface area contributed by atoms with Crippen molar-refractivity contribution in [1.82, 2.24) is 10.3 Å². The van der Waals surface area contributed by atoms with Gasteiger partial charge in [-0.3, -0.25) is 0 Å². The summed E-state index contributed by atoms with van der Waals surface area (Å²) in [5, 5.41) is 4.77. The Morgan fingerprint density at radius 1 is 1.15 bits per heavy atom. The van der Waals surface area contributed by atoms with Crippen molar-refractivity contribution >= 4 is 10.9 Å². The third-order valence-corrected chi connectivity index (χ3v) is 2.76. The number of aromatic nitrogens is 1. The van der Waals surface area contributed by atoms with Crippen molar-refractivity contribution in [1.29, 1.82) is 0 Å². The van der Waals surface area contributed by atoms with Crippen LogP contribution in [0.1, 0.15) is 11.3 Å². The Labute approximate surface area is 77.0 Å². The Hall–Kier alpha value is -1.28. The number of aromatic amines is 1. The SMILES string of the molecule is c1ccc2c3c([nH]c2c1)[11CH2]NCC3. The van der Waals surface area contributed by atoms with Gasteiger partial charge in [-0.25, -0.2) is 0 Å². The van der Waals surface area contributed by atoms with E-state index in [1.807, 2.05) is 0 Å². The van der Waals surface area contributed by atoms with Crippen LogP contribution in [0.25, 0.3) is 10.9 Å². The molecule has 0 unspecified atom stereocenters. The Balaban J connectivity index is 2.34. The molecule has 1 aromatic carbocycles. The first-order valence-electron chi connectivity index (χ1n) is 4.74. The minimum Gasteiger partial charge on any atom is -0.357 e. The predicted molar refractivity (Wildman–Crippen MR) is 53.7 cm³/mol. The van der Waals surface area contributed by atoms with E-state index >= 15 is 0 Å². The highest BCUT2D eigenvalue weighted by atomic mass is 14.8. The van der Waals surface area contributed by atoms with Gasteiger partial charge < -0.3 is 10.3 Å².